The van der Waals surface area contributed by atoms with Crippen LogP contribution in [0.2, 0.25) is 0 Å². The smallest absolute Gasteiger partial charge is 0.244 e. The van der Waals surface area contributed by atoms with Crippen LogP contribution in [0.15, 0.2) is 29.6 Å². The van der Waals surface area contributed by atoms with Gasteiger partial charge in [0.15, 0.2) is 0 Å². The molecule has 2 rings (SSSR count). The molecule has 0 unspecified atom stereocenters. The zero-order valence-corrected chi connectivity index (χ0v) is 12.1. The lowest BCUT2D eigenvalue weighted by Crippen LogP contribution is -2.26. The van der Waals surface area contributed by atoms with E-state index in [9.17, 15) is 8.42 Å². The Labute approximate surface area is 117 Å². The molecule has 0 aromatic carbocycles. The van der Waals surface area contributed by atoms with Crippen LogP contribution in [0.4, 0.5) is 5.82 Å². The third-order valence-electron chi connectivity index (χ3n) is 2.75. The zero-order valence-electron chi connectivity index (χ0n) is 11.2. The summed E-state index contributed by atoms with van der Waals surface area (Å²) in [4.78, 5) is 4.08. The standard InChI is InChI=1S/C11H16N6O2S/c1-3-17-8-14-16-10(17)7-15-20(18,19)9-5-4-6-13-11(9)12-2/h4-6,8,15H,3,7H2,1-2H3,(H,12,13). The van der Waals surface area contributed by atoms with Gasteiger partial charge in [-0.2, -0.15) is 0 Å². The highest BCUT2D eigenvalue weighted by molar-refractivity contribution is 7.89. The van der Waals surface area contributed by atoms with E-state index in [-0.39, 0.29) is 11.4 Å². The summed E-state index contributed by atoms with van der Waals surface area (Å²) < 4.78 is 28.8. The van der Waals surface area contributed by atoms with Crippen LogP contribution in [-0.4, -0.2) is 35.2 Å². The first-order chi connectivity index (χ1) is 9.58. The molecule has 0 aliphatic carbocycles. The fourth-order valence-electron chi connectivity index (χ4n) is 1.71. The Morgan fingerprint density at radius 2 is 2.20 bits per heavy atom. The molecule has 0 spiro atoms. The first-order valence-corrected chi connectivity index (χ1v) is 7.56. The number of pyridine rings is 1. The van der Waals surface area contributed by atoms with Gasteiger partial charge in [-0.3, -0.25) is 0 Å². The van der Waals surface area contributed by atoms with Crippen LogP contribution in [0, 0.1) is 0 Å². The fraction of sp³-hybridized carbons (Fsp3) is 0.364. The molecule has 0 aliphatic rings. The van der Waals surface area contributed by atoms with E-state index >= 15 is 0 Å². The van der Waals surface area contributed by atoms with Gasteiger partial charge >= 0.3 is 0 Å². The van der Waals surface area contributed by atoms with Gasteiger partial charge in [0.25, 0.3) is 0 Å². The van der Waals surface area contributed by atoms with Crippen molar-refractivity contribution in [2.24, 2.45) is 0 Å². The molecule has 0 radical (unpaired) electrons. The number of hydrogen-bond donors (Lipinski definition) is 2. The molecular weight excluding hydrogens is 280 g/mol. The minimum absolute atomic E-state index is 0.0776. The summed E-state index contributed by atoms with van der Waals surface area (Å²) >= 11 is 0. The molecule has 9 heteroatoms. The van der Waals surface area contributed by atoms with Gasteiger partial charge < -0.3 is 9.88 Å². The van der Waals surface area contributed by atoms with E-state index in [2.05, 4.69) is 25.2 Å². The van der Waals surface area contributed by atoms with E-state index in [0.29, 0.717) is 18.2 Å². The number of sulfonamides is 1. The summed E-state index contributed by atoms with van der Waals surface area (Å²) in [6, 6.07) is 3.07. The van der Waals surface area contributed by atoms with Crippen LogP contribution in [0.25, 0.3) is 0 Å². The summed E-state index contributed by atoms with van der Waals surface area (Å²) in [7, 11) is -2.04. The van der Waals surface area contributed by atoms with Crippen molar-refractivity contribution in [2.75, 3.05) is 12.4 Å². The van der Waals surface area contributed by atoms with Crippen LogP contribution in [0.1, 0.15) is 12.7 Å². The van der Waals surface area contributed by atoms with Gasteiger partial charge in [-0.15, -0.1) is 10.2 Å². The minimum atomic E-state index is -3.66. The molecule has 2 N–H and O–H groups in total. The lowest BCUT2D eigenvalue weighted by Gasteiger charge is -2.10. The van der Waals surface area contributed by atoms with Crippen LogP contribution in [0.3, 0.4) is 0 Å². The van der Waals surface area contributed by atoms with Gasteiger partial charge in [-0.05, 0) is 19.1 Å². The molecule has 108 valence electrons. The minimum Gasteiger partial charge on any atom is -0.372 e. The molecule has 8 nitrogen and oxygen atoms in total. The summed E-state index contributed by atoms with van der Waals surface area (Å²) in [5, 5.41) is 10.4. The SMILES string of the molecule is CCn1cnnc1CNS(=O)(=O)c1cccnc1NC. The van der Waals surface area contributed by atoms with Crippen molar-refractivity contribution >= 4 is 15.8 Å². The van der Waals surface area contributed by atoms with Gasteiger partial charge in [0, 0.05) is 19.8 Å². The van der Waals surface area contributed by atoms with Gasteiger partial charge in [0.1, 0.15) is 22.9 Å². The number of aryl methyl sites for hydroxylation is 1. The molecule has 0 bridgehead atoms. The molecular formula is C11H16N6O2S. The Morgan fingerprint density at radius 3 is 2.90 bits per heavy atom. The highest BCUT2D eigenvalue weighted by Gasteiger charge is 2.19. The van der Waals surface area contributed by atoms with Crippen molar-refractivity contribution in [1.29, 1.82) is 0 Å². The Bertz CT molecular complexity index is 682. The normalized spacial score (nSPS) is 11.5. The Morgan fingerprint density at radius 1 is 1.40 bits per heavy atom. The van der Waals surface area contributed by atoms with Crippen LogP contribution >= 0.6 is 0 Å². The van der Waals surface area contributed by atoms with Crippen molar-refractivity contribution in [3.05, 3.63) is 30.5 Å². The van der Waals surface area contributed by atoms with Gasteiger partial charge in [0.05, 0.1) is 6.54 Å². The molecule has 0 saturated carbocycles. The number of nitrogens with one attached hydrogen (secondary N) is 2. The van der Waals surface area contributed by atoms with E-state index in [1.165, 1.54) is 12.3 Å². The number of hydrogen-bond acceptors (Lipinski definition) is 6. The number of rotatable bonds is 6. The van der Waals surface area contributed by atoms with E-state index in [0.717, 1.165) is 0 Å². The molecule has 0 saturated heterocycles. The number of anilines is 1. The fourth-order valence-corrected chi connectivity index (χ4v) is 2.85. The molecule has 0 amide bonds. The molecule has 0 atom stereocenters. The predicted octanol–water partition coefficient (Wildman–Crippen LogP) is 0.213. The third kappa shape index (κ3) is 2.94. The van der Waals surface area contributed by atoms with E-state index in [4.69, 9.17) is 0 Å². The molecule has 20 heavy (non-hydrogen) atoms. The highest BCUT2D eigenvalue weighted by atomic mass is 32.2. The zero-order chi connectivity index (χ0) is 14.6. The Hall–Kier alpha value is -2.00. The average molecular weight is 296 g/mol. The lowest BCUT2D eigenvalue weighted by molar-refractivity contribution is 0.575. The Balaban J connectivity index is 2.19. The van der Waals surface area contributed by atoms with Crippen LogP contribution in [-0.2, 0) is 23.1 Å². The molecule has 2 heterocycles. The molecule has 0 fully saturated rings. The number of nitrogens with zero attached hydrogens (tertiary/aromatic N) is 4. The van der Waals surface area contributed by atoms with Crippen molar-refractivity contribution < 1.29 is 8.42 Å². The quantitative estimate of drug-likeness (QED) is 0.790. The monoisotopic (exact) mass is 296 g/mol. The number of aromatic nitrogens is 4. The molecule has 2 aromatic heterocycles. The van der Waals surface area contributed by atoms with E-state index < -0.39 is 10.0 Å². The maximum Gasteiger partial charge on any atom is 0.244 e. The van der Waals surface area contributed by atoms with Crippen LogP contribution < -0.4 is 10.0 Å². The van der Waals surface area contributed by atoms with Crippen LogP contribution in [0.5, 0.6) is 0 Å². The largest absolute Gasteiger partial charge is 0.372 e. The first-order valence-electron chi connectivity index (χ1n) is 6.07. The predicted molar refractivity (Wildman–Crippen MR) is 73.5 cm³/mol. The maximum absolute atomic E-state index is 12.3. The summed E-state index contributed by atoms with van der Waals surface area (Å²) in [6.45, 7) is 2.69. The summed E-state index contributed by atoms with van der Waals surface area (Å²) in [6.07, 6.45) is 3.09. The van der Waals surface area contributed by atoms with Crippen molar-refractivity contribution in [3.63, 3.8) is 0 Å². The second-order valence-electron chi connectivity index (χ2n) is 3.96. The van der Waals surface area contributed by atoms with Gasteiger partial charge in [-0.25, -0.2) is 18.1 Å². The van der Waals surface area contributed by atoms with Crippen molar-refractivity contribution in [3.8, 4) is 0 Å². The van der Waals surface area contributed by atoms with Crippen molar-refractivity contribution in [2.45, 2.75) is 24.9 Å². The summed E-state index contributed by atoms with van der Waals surface area (Å²) in [5.74, 6) is 0.864. The second kappa shape index (κ2) is 5.97. The summed E-state index contributed by atoms with van der Waals surface area (Å²) in [5.41, 5.74) is 0. The molecule has 0 aliphatic heterocycles. The van der Waals surface area contributed by atoms with E-state index in [1.54, 1.807) is 24.0 Å². The lowest BCUT2D eigenvalue weighted by atomic mass is 10.5. The second-order valence-corrected chi connectivity index (χ2v) is 5.69. The molecule has 2 aromatic rings. The average Bonchev–Trinajstić information content (AvgIpc) is 2.92. The van der Waals surface area contributed by atoms with Gasteiger partial charge in [0.2, 0.25) is 10.0 Å². The topological polar surface area (TPSA) is 102 Å². The maximum atomic E-state index is 12.3. The Kier molecular flexibility index (Phi) is 4.30. The van der Waals surface area contributed by atoms with Gasteiger partial charge in [-0.1, -0.05) is 0 Å². The highest BCUT2D eigenvalue weighted by Crippen LogP contribution is 2.17. The van der Waals surface area contributed by atoms with Crippen molar-refractivity contribution in [1.82, 2.24) is 24.5 Å². The third-order valence-corrected chi connectivity index (χ3v) is 4.19. The van der Waals surface area contributed by atoms with E-state index in [1.807, 2.05) is 6.92 Å². The first kappa shape index (κ1) is 14.4.